The van der Waals surface area contributed by atoms with Gasteiger partial charge in [0.25, 0.3) is 0 Å². The quantitative estimate of drug-likeness (QED) is 0.716. The molecule has 17 heavy (non-hydrogen) atoms. The van der Waals surface area contributed by atoms with E-state index >= 15 is 0 Å². The van der Waals surface area contributed by atoms with Gasteiger partial charge in [-0.3, -0.25) is 0 Å². The minimum absolute atomic E-state index is 0.201. The van der Waals surface area contributed by atoms with Gasteiger partial charge in [-0.05, 0) is 50.9 Å². The Morgan fingerprint density at radius 3 is 2.41 bits per heavy atom. The highest BCUT2D eigenvalue weighted by atomic mass is 16.5. The molecule has 0 aliphatic heterocycles. The van der Waals surface area contributed by atoms with Crippen LogP contribution in [0.25, 0.3) is 0 Å². The van der Waals surface area contributed by atoms with Crippen molar-refractivity contribution in [3.63, 3.8) is 0 Å². The molecule has 0 heterocycles. The molecular formula is C14H23NO2. The van der Waals surface area contributed by atoms with Crippen LogP contribution >= 0.6 is 0 Å². The van der Waals surface area contributed by atoms with Crippen molar-refractivity contribution >= 4 is 0 Å². The number of ether oxygens (including phenoxy) is 1. The van der Waals surface area contributed by atoms with Crippen LogP contribution in [0.3, 0.4) is 0 Å². The second-order valence-corrected chi connectivity index (χ2v) is 4.44. The Hall–Kier alpha value is -1.06. The summed E-state index contributed by atoms with van der Waals surface area (Å²) in [6, 6.07) is 8.43. The topological polar surface area (TPSA) is 41.5 Å². The first-order valence-electron chi connectivity index (χ1n) is 6.19. The van der Waals surface area contributed by atoms with Crippen LogP contribution in [0.2, 0.25) is 0 Å². The van der Waals surface area contributed by atoms with E-state index < -0.39 is 0 Å². The Labute approximate surface area is 104 Å². The lowest BCUT2D eigenvalue weighted by Crippen LogP contribution is -2.20. The van der Waals surface area contributed by atoms with Crippen molar-refractivity contribution in [2.24, 2.45) is 0 Å². The molecule has 96 valence electrons. The maximum Gasteiger partial charge on any atom is 0.118 e. The third-order valence-electron chi connectivity index (χ3n) is 2.87. The van der Waals surface area contributed by atoms with Gasteiger partial charge in [0.1, 0.15) is 5.75 Å². The van der Waals surface area contributed by atoms with E-state index in [1.165, 1.54) is 5.56 Å². The van der Waals surface area contributed by atoms with Crippen molar-refractivity contribution in [2.45, 2.75) is 38.8 Å². The zero-order chi connectivity index (χ0) is 12.7. The van der Waals surface area contributed by atoms with Crippen LogP contribution in [0.4, 0.5) is 0 Å². The number of hydrogen-bond donors (Lipinski definition) is 2. The van der Waals surface area contributed by atoms with Crippen LogP contribution in [-0.2, 0) is 0 Å². The predicted molar refractivity (Wildman–Crippen MR) is 70.3 cm³/mol. The van der Waals surface area contributed by atoms with Crippen LogP contribution in [0.15, 0.2) is 24.3 Å². The second kappa shape index (κ2) is 7.30. The van der Waals surface area contributed by atoms with Gasteiger partial charge in [0.2, 0.25) is 0 Å². The third kappa shape index (κ3) is 5.20. The molecule has 0 aliphatic rings. The van der Waals surface area contributed by atoms with Crippen molar-refractivity contribution < 1.29 is 9.84 Å². The molecule has 0 fully saturated rings. The Balaban J connectivity index is 2.33. The summed E-state index contributed by atoms with van der Waals surface area (Å²) < 4.78 is 5.13. The van der Waals surface area contributed by atoms with Gasteiger partial charge in [-0.1, -0.05) is 12.1 Å². The fourth-order valence-electron chi connectivity index (χ4n) is 1.73. The number of methoxy groups -OCH3 is 1. The van der Waals surface area contributed by atoms with Gasteiger partial charge in [-0.25, -0.2) is 0 Å². The highest BCUT2D eigenvalue weighted by Crippen LogP contribution is 2.17. The molecule has 0 radical (unpaired) electrons. The molecule has 0 saturated heterocycles. The summed E-state index contributed by atoms with van der Waals surface area (Å²) in [4.78, 5) is 0. The Morgan fingerprint density at radius 1 is 1.24 bits per heavy atom. The molecule has 0 aliphatic carbocycles. The fraction of sp³-hybridized carbons (Fsp3) is 0.571. The first-order valence-corrected chi connectivity index (χ1v) is 6.19. The number of benzene rings is 1. The minimum Gasteiger partial charge on any atom is -0.497 e. The van der Waals surface area contributed by atoms with Gasteiger partial charge in [0.05, 0.1) is 13.2 Å². The lowest BCUT2D eigenvalue weighted by Gasteiger charge is -2.15. The van der Waals surface area contributed by atoms with Gasteiger partial charge in [0, 0.05) is 6.04 Å². The normalized spacial score (nSPS) is 14.4. The number of aliphatic hydroxyl groups excluding tert-OH is 1. The van der Waals surface area contributed by atoms with E-state index in [0.717, 1.165) is 25.1 Å². The summed E-state index contributed by atoms with van der Waals surface area (Å²) in [5.74, 6) is 0.884. The number of aliphatic hydroxyl groups is 1. The SMILES string of the molecule is COc1ccc(C(C)NCCCC(C)O)cc1. The Morgan fingerprint density at radius 2 is 1.88 bits per heavy atom. The van der Waals surface area contributed by atoms with Crippen molar-refractivity contribution in [3.8, 4) is 5.75 Å². The molecule has 2 atom stereocenters. The molecular weight excluding hydrogens is 214 g/mol. The molecule has 1 aromatic rings. The highest BCUT2D eigenvalue weighted by Gasteiger charge is 2.04. The summed E-state index contributed by atoms with van der Waals surface area (Å²) in [6.45, 7) is 4.90. The molecule has 1 aromatic carbocycles. The maximum absolute atomic E-state index is 9.15. The predicted octanol–water partition coefficient (Wildman–Crippen LogP) is 2.51. The van der Waals surface area contributed by atoms with E-state index in [2.05, 4.69) is 24.4 Å². The average Bonchev–Trinajstić information content (AvgIpc) is 2.34. The smallest absolute Gasteiger partial charge is 0.118 e. The summed E-state index contributed by atoms with van der Waals surface area (Å²) in [5.41, 5.74) is 1.25. The molecule has 0 spiro atoms. The summed E-state index contributed by atoms with van der Waals surface area (Å²) in [7, 11) is 1.67. The molecule has 3 nitrogen and oxygen atoms in total. The molecule has 0 aromatic heterocycles. The van der Waals surface area contributed by atoms with Crippen LogP contribution in [0.5, 0.6) is 5.75 Å². The van der Waals surface area contributed by atoms with Gasteiger partial charge >= 0.3 is 0 Å². The minimum atomic E-state index is -0.201. The Bertz CT molecular complexity index is 309. The lowest BCUT2D eigenvalue weighted by atomic mass is 10.1. The van der Waals surface area contributed by atoms with E-state index in [-0.39, 0.29) is 6.10 Å². The lowest BCUT2D eigenvalue weighted by molar-refractivity contribution is 0.181. The van der Waals surface area contributed by atoms with E-state index in [0.29, 0.717) is 6.04 Å². The molecule has 2 N–H and O–H groups in total. The highest BCUT2D eigenvalue weighted by molar-refractivity contribution is 5.28. The van der Waals surface area contributed by atoms with Crippen LogP contribution < -0.4 is 10.1 Å². The second-order valence-electron chi connectivity index (χ2n) is 4.44. The van der Waals surface area contributed by atoms with Crippen molar-refractivity contribution in [2.75, 3.05) is 13.7 Å². The summed E-state index contributed by atoms with van der Waals surface area (Å²) in [6.07, 6.45) is 1.65. The van der Waals surface area contributed by atoms with Crippen molar-refractivity contribution in [1.29, 1.82) is 0 Å². The number of rotatable bonds is 7. The van der Waals surface area contributed by atoms with Crippen molar-refractivity contribution in [3.05, 3.63) is 29.8 Å². The van der Waals surface area contributed by atoms with Crippen LogP contribution in [-0.4, -0.2) is 24.9 Å². The zero-order valence-electron chi connectivity index (χ0n) is 10.9. The van der Waals surface area contributed by atoms with Gasteiger partial charge in [0.15, 0.2) is 0 Å². The van der Waals surface area contributed by atoms with Crippen LogP contribution in [0.1, 0.15) is 38.3 Å². The summed E-state index contributed by atoms with van der Waals surface area (Å²) in [5, 5.41) is 12.6. The van der Waals surface area contributed by atoms with E-state index in [4.69, 9.17) is 9.84 Å². The molecule has 0 saturated carbocycles. The largest absolute Gasteiger partial charge is 0.497 e. The molecule has 3 heteroatoms. The molecule has 2 unspecified atom stereocenters. The first kappa shape index (κ1) is 14.0. The fourth-order valence-corrected chi connectivity index (χ4v) is 1.73. The van der Waals surface area contributed by atoms with E-state index in [9.17, 15) is 0 Å². The van der Waals surface area contributed by atoms with E-state index in [1.807, 2.05) is 19.1 Å². The third-order valence-corrected chi connectivity index (χ3v) is 2.87. The van der Waals surface area contributed by atoms with Gasteiger partial charge < -0.3 is 15.2 Å². The Kier molecular flexibility index (Phi) is 6.01. The molecule has 1 rings (SSSR count). The zero-order valence-corrected chi connectivity index (χ0v) is 10.9. The first-order chi connectivity index (χ1) is 8.13. The number of nitrogens with one attached hydrogen (secondary N) is 1. The monoisotopic (exact) mass is 237 g/mol. The van der Waals surface area contributed by atoms with Gasteiger partial charge in [-0.15, -0.1) is 0 Å². The molecule has 0 bridgehead atoms. The van der Waals surface area contributed by atoms with E-state index in [1.54, 1.807) is 7.11 Å². The maximum atomic E-state index is 9.15. The summed E-state index contributed by atoms with van der Waals surface area (Å²) >= 11 is 0. The number of hydrogen-bond acceptors (Lipinski definition) is 3. The molecule has 0 amide bonds. The van der Waals surface area contributed by atoms with Gasteiger partial charge in [-0.2, -0.15) is 0 Å². The average molecular weight is 237 g/mol. The van der Waals surface area contributed by atoms with Crippen LogP contribution in [0, 0.1) is 0 Å². The van der Waals surface area contributed by atoms with Crippen molar-refractivity contribution in [1.82, 2.24) is 5.32 Å². The standard InChI is InChI=1S/C14H23NO2/c1-11(16)5-4-10-15-12(2)13-6-8-14(17-3)9-7-13/h6-9,11-12,15-16H,4-5,10H2,1-3H3.